The molecule has 0 saturated carbocycles. The number of rotatable bonds is 3. The van der Waals surface area contributed by atoms with E-state index < -0.39 is 26.2 Å². The van der Waals surface area contributed by atoms with Crippen LogP contribution in [0.2, 0.25) is 0 Å². The number of nitrogen functional groups attached to an aromatic ring is 1. The van der Waals surface area contributed by atoms with Crippen LogP contribution in [0.3, 0.4) is 0 Å². The molecule has 9 heteroatoms. The lowest BCUT2D eigenvalue weighted by Crippen LogP contribution is -2.29. The Kier molecular flexibility index (Phi) is 3.36. The lowest BCUT2D eigenvalue weighted by molar-refractivity contribution is 0.599. The van der Waals surface area contributed by atoms with Crippen LogP contribution in [0.4, 0.5) is 11.4 Å². The van der Waals surface area contributed by atoms with Crippen molar-refractivity contribution in [2.75, 3.05) is 10.5 Å². The van der Waals surface area contributed by atoms with Crippen molar-refractivity contribution in [2.45, 2.75) is 11.8 Å². The van der Waals surface area contributed by atoms with Gasteiger partial charge in [-0.2, -0.15) is 0 Å². The molecule has 0 amide bonds. The first-order valence-corrected chi connectivity index (χ1v) is 6.99. The van der Waals surface area contributed by atoms with E-state index in [1.807, 2.05) is 4.98 Å². The summed E-state index contributed by atoms with van der Waals surface area (Å²) < 4.78 is 26.3. The molecule has 2 aromatic rings. The van der Waals surface area contributed by atoms with E-state index in [1.54, 1.807) is 13.0 Å². The number of nitrogens with one attached hydrogen (secondary N) is 3. The lowest BCUT2D eigenvalue weighted by Gasteiger charge is -2.08. The fraction of sp³-hybridized carbons (Fsp3) is 0.0909. The smallest absolute Gasteiger partial charge is 0.325 e. The second kappa shape index (κ2) is 4.85. The molecule has 8 nitrogen and oxygen atoms in total. The minimum absolute atomic E-state index is 0.221. The Hall–Kier alpha value is -2.55. The van der Waals surface area contributed by atoms with Gasteiger partial charge in [-0.3, -0.25) is 14.5 Å². The van der Waals surface area contributed by atoms with Crippen LogP contribution in [0.5, 0.6) is 0 Å². The fourth-order valence-electron chi connectivity index (χ4n) is 1.51. The molecule has 106 valence electrons. The van der Waals surface area contributed by atoms with E-state index in [0.717, 1.165) is 11.8 Å². The maximum atomic E-state index is 12.0. The zero-order valence-electron chi connectivity index (χ0n) is 10.4. The molecule has 0 radical (unpaired) electrons. The zero-order valence-corrected chi connectivity index (χ0v) is 11.2. The average molecular weight is 296 g/mol. The topological polar surface area (TPSA) is 138 Å². The molecule has 0 atom stereocenters. The second-order valence-corrected chi connectivity index (χ2v) is 5.76. The van der Waals surface area contributed by atoms with Gasteiger partial charge in [0, 0.05) is 11.9 Å². The highest BCUT2D eigenvalue weighted by Gasteiger charge is 2.19. The van der Waals surface area contributed by atoms with Gasteiger partial charge in [-0.15, -0.1) is 0 Å². The highest BCUT2D eigenvalue weighted by molar-refractivity contribution is 7.92. The monoisotopic (exact) mass is 296 g/mol. The number of hydrogen-bond acceptors (Lipinski definition) is 5. The summed E-state index contributed by atoms with van der Waals surface area (Å²) in [4.78, 5) is 25.7. The minimum Gasteiger partial charge on any atom is -0.398 e. The third-order valence-corrected chi connectivity index (χ3v) is 3.99. The van der Waals surface area contributed by atoms with Gasteiger partial charge in [0.2, 0.25) is 0 Å². The molecular formula is C11H12N4O4S. The van der Waals surface area contributed by atoms with E-state index in [-0.39, 0.29) is 5.69 Å². The summed E-state index contributed by atoms with van der Waals surface area (Å²) in [6.45, 7) is 1.78. The molecule has 1 aromatic heterocycles. The van der Waals surface area contributed by atoms with Gasteiger partial charge in [0.05, 0.1) is 5.69 Å². The summed E-state index contributed by atoms with van der Waals surface area (Å²) in [5.74, 6) is 0. The Morgan fingerprint density at radius 1 is 1.25 bits per heavy atom. The standard InChI is InChI=1S/C11H12N4O4S/c1-6-2-3-7(4-8(6)12)15-20(18,19)9-5-13-11(17)14-10(9)16/h2-5,15H,12H2,1H3,(H2,13,14,16,17). The Labute approximate surface area is 113 Å². The predicted molar refractivity (Wildman–Crippen MR) is 74.1 cm³/mol. The van der Waals surface area contributed by atoms with Crippen LogP contribution in [0.25, 0.3) is 0 Å². The zero-order chi connectivity index (χ0) is 14.9. The molecule has 0 aliphatic heterocycles. The highest BCUT2D eigenvalue weighted by Crippen LogP contribution is 2.19. The third-order valence-electron chi connectivity index (χ3n) is 2.61. The normalized spacial score (nSPS) is 11.2. The third kappa shape index (κ3) is 2.72. The first-order valence-electron chi connectivity index (χ1n) is 5.50. The van der Waals surface area contributed by atoms with Gasteiger partial charge in [0.1, 0.15) is 0 Å². The summed E-state index contributed by atoms with van der Waals surface area (Å²) in [5.41, 5.74) is 5.33. The fourth-order valence-corrected chi connectivity index (χ4v) is 2.57. The summed E-state index contributed by atoms with van der Waals surface area (Å²) >= 11 is 0. The number of aryl methyl sites for hydroxylation is 1. The largest absolute Gasteiger partial charge is 0.398 e. The lowest BCUT2D eigenvalue weighted by atomic mass is 10.2. The molecule has 1 aromatic carbocycles. The SMILES string of the molecule is Cc1ccc(NS(=O)(=O)c2c[nH]c(=O)[nH]c2=O)cc1N. The molecule has 0 fully saturated rings. The van der Waals surface area contributed by atoms with E-state index in [9.17, 15) is 18.0 Å². The van der Waals surface area contributed by atoms with E-state index in [1.165, 1.54) is 12.1 Å². The molecule has 0 aliphatic rings. The van der Waals surface area contributed by atoms with Crippen LogP contribution < -0.4 is 21.7 Å². The highest BCUT2D eigenvalue weighted by atomic mass is 32.2. The van der Waals surface area contributed by atoms with Crippen LogP contribution in [-0.4, -0.2) is 18.4 Å². The average Bonchev–Trinajstić information content (AvgIpc) is 2.33. The molecule has 20 heavy (non-hydrogen) atoms. The van der Waals surface area contributed by atoms with Crippen molar-refractivity contribution in [1.82, 2.24) is 9.97 Å². The molecule has 0 bridgehead atoms. The van der Waals surface area contributed by atoms with Crippen LogP contribution in [-0.2, 0) is 10.0 Å². The maximum absolute atomic E-state index is 12.0. The van der Waals surface area contributed by atoms with Crippen molar-refractivity contribution in [3.63, 3.8) is 0 Å². The van der Waals surface area contributed by atoms with Crippen molar-refractivity contribution in [2.24, 2.45) is 0 Å². The maximum Gasteiger partial charge on any atom is 0.325 e. The predicted octanol–water partition coefficient (Wildman–Crippen LogP) is -0.245. The van der Waals surface area contributed by atoms with E-state index in [2.05, 4.69) is 9.71 Å². The molecular weight excluding hydrogens is 284 g/mol. The number of aromatic nitrogens is 2. The molecule has 0 spiro atoms. The Balaban J connectivity index is 2.43. The first-order chi connectivity index (χ1) is 9.29. The van der Waals surface area contributed by atoms with E-state index >= 15 is 0 Å². The molecule has 5 N–H and O–H groups in total. The Morgan fingerprint density at radius 2 is 1.95 bits per heavy atom. The van der Waals surface area contributed by atoms with Gasteiger partial charge in [-0.05, 0) is 24.6 Å². The van der Waals surface area contributed by atoms with Crippen LogP contribution in [0, 0.1) is 6.92 Å². The number of anilines is 2. The number of benzene rings is 1. The molecule has 2 rings (SSSR count). The van der Waals surface area contributed by atoms with Gasteiger partial charge in [0.25, 0.3) is 15.6 Å². The van der Waals surface area contributed by atoms with Crippen molar-refractivity contribution in [3.8, 4) is 0 Å². The first kappa shape index (κ1) is 13.9. The van der Waals surface area contributed by atoms with Crippen molar-refractivity contribution in [3.05, 3.63) is 50.8 Å². The van der Waals surface area contributed by atoms with Crippen molar-refractivity contribution in [1.29, 1.82) is 0 Å². The van der Waals surface area contributed by atoms with Crippen molar-refractivity contribution >= 4 is 21.4 Å². The molecule has 1 heterocycles. The van der Waals surface area contributed by atoms with E-state index in [0.29, 0.717) is 5.69 Å². The van der Waals surface area contributed by atoms with Gasteiger partial charge in [-0.25, -0.2) is 13.2 Å². The molecule has 0 saturated heterocycles. The van der Waals surface area contributed by atoms with Crippen LogP contribution >= 0.6 is 0 Å². The summed E-state index contributed by atoms with van der Waals surface area (Å²) in [6, 6.07) is 4.60. The number of nitrogens with two attached hydrogens (primary N) is 1. The summed E-state index contributed by atoms with van der Waals surface area (Å²) in [5, 5.41) is 0. The van der Waals surface area contributed by atoms with Crippen LogP contribution in [0.15, 0.2) is 38.9 Å². The number of sulfonamides is 1. The van der Waals surface area contributed by atoms with E-state index in [4.69, 9.17) is 5.73 Å². The quantitative estimate of drug-likeness (QED) is 0.579. The van der Waals surface area contributed by atoms with Gasteiger partial charge in [-0.1, -0.05) is 6.07 Å². The molecule has 0 aliphatic carbocycles. The Bertz CT molecular complexity index is 866. The minimum atomic E-state index is -4.11. The van der Waals surface area contributed by atoms with Crippen LogP contribution in [0.1, 0.15) is 5.56 Å². The summed E-state index contributed by atoms with van der Waals surface area (Å²) in [7, 11) is -4.11. The molecule has 0 unspecified atom stereocenters. The Morgan fingerprint density at radius 3 is 2.55 bits per heavy atom. The summed E-state index contributed by atoms with van der Waals surface area (Å²) in [6.07, 6.45) is 0.834. The van der Waals surface area contributed by atoms with Gasteiger partial charge >= 0.3 is 5.69 Å². The van der Waals surface area contributed by atoms with Gasteiger partial charge < -0.3 is 10.7 Å². The number of hydrogen-bond donors (Lipinski definition) is 4. The number of aromatic amines is 2. The van der Waals surface area contributed by atoms with Gasteiger partial charge in [0.15, 0.2) is 4.90 Å². The second-order valence-electron chi connectivity index (χ2n) is 4.11. The van der Waals surface area contributed by atoms with Crippen molar-refractivity contribution < 1.29 is 8.42 Å². The number of H-pyrrole nitrogens is 2.